The van der Waals surface area contributed by atoms with Gasteiger partial charge in [0.05, 0.1) is 16.9 Å². The molecule has 21 heavy (non-hydrogen) atoms. The first-order valence-electron chi connectivity index (χ1n) is 6.54. The average Bonchev–Trinajstić information content (AvgIpc) is 2.87. The predicted molar refractivity (Wildman–Crippen MR) is 78.3 cm³/mol. The lowest BCUT2D eigenvalue weighted by Gasteiger charge is -2.10. The van der Waals surface area contributed by atoms with Crippen molar-refractivity contribution in [1.82, 2.24) is 15.1 Å². The van der Waals surface area contributed by atoms with E-state index in [0.29, 0.717) is 16.7 Å². The van der Waals surface area contributed by atoms with E-state index in [2.05, 4.69) is 33.3 Å². The van der Waals surface area contributed by atoms with E-state index in [0.717, 1.165) is 30.8 Å². The van der Waals surface area contributed by atoms with Crippen molar-refractivity contribution in [2.45, 2.75) is 26.1 Å². The van der Waals surface area contributed by atoms with E-state index in [9.17, 15) is 13.2 Å². The number of rotatable bonds is 5. The second-order valence-corrected chi connectivity index (χ2v) is 5.45. The third-order valence-electron chi connectivity index (χ3n) is 2.90. The number of aromatic nitrogens is 2. The highest BCUT2D eigenvalue weighted by Crippen LogP contribution is 2.33. The van der Waals surface area contributed by atoms with Crippen molar-refractivity contribution >= 4 is 15.9 Å². The Balaban J connectivity index is 2.25. The minimum absolute atomic E-state index is 0.367. The molecule has 0 atom stereocenters. The fourth-order valence-corrected chi connectivity index (χ4v) is 2.28. The molecule has 0 bridgehead atoms. The second-order valence-electron chi connectivity index (χ2n) is 4.59. The van der Waals surface area contributed by atoms with Crippen LogP contribution in [0.15, 0.2) is 34.9 Å². The Labute approximate surface area is 129 Å². The molecule has 1 heterocycles. The van der Waals surface area contributed by atoms with Crippen molar-refractivity contribution in [3.63, 3.8) is 0 Å². The molecule has 0 spiro atoms. The van der Waals surface area contributed by atoms with Crippen molar-refractivity contribution in [3.8, 4) is 5.69 Å². The van der Waals surface area contributed by atoms with Crippen molar-refractivity contribution in [3.05, 3.63) is 46.2 Å². The molecule has 0 aliphatic carbocycles. The van der Waals surface area contributed by atoms with Crippen molar-refractivity contribution < 1.29 is 13.2 Å². The van der Waals surface area contributed by atoms with Crippen molar-refractivity contribution in [2.75, 3.05) is 6.54 Å². The Morgan fingerprint density at radius 2 is 2.05 bits per heavy atom. The molecule has 0 unspecified atom stereocenters. The molecular formula is C14H15BrF3N3. The van der Waals surface area contributed by atoms with Crippen LogP contribution in [0.4, 0.5) is 13.2 Å². The zero-order valence-corrected chi connectivity index (χ0v) is 13.0. The van der Waals surface area contributed by atoms with Crippen LogP contribution in [0.25, 0.3) is 5.69 Å². The van der Waals surface area contributed by atoms with Crippen LogP contribution in [-0.4, -0.2) is 16.3 Å². The summed E-state index contributed by atoms with van der Waals surface area (Å²) >= 11 is 3.26. The van der Waals surface area contributed by atoms with E-state index >= 15 is 0 Å². The molecule has 2 rings (SSSR count). The van der Waals surface area contributed by atoms with Gasteiger partial charge in [-0.2, -0.15) is 18.3 Å². The number of nitrogens with one attached hydrogen (secondary N) is 1. The van der Waals surface area contributed by atoms with Crippen LogP contribution < -0.4 is 5.32 Å². The lowest BCUT2D eigenvalue weighted by molar-refractivity contribution is -0.137. The Bertz CT molecular complexity index is 608. The number of hydrogen-bond donors (Lipinski definition) is 1. The Morgan fingerprint density at radius 3 is 2.71 bits per heavy atom. The maximum Gasteiger partial charge on any atom is 0.416 e. The fourth-order valence-electron chi connectivity index (χ4n) is 1.85. The van der Waals surface area contributed by atoms with Crippen LogP contribution >= 0.6 is 15.9 Å². The van der Waals surface area contributed by atoms with Gasteiger partial charge in [0.2, 0.25) is 0 Å². The van der Waals surface area contributed by atoms with E-state index in [1.807, 2.05) is 0 Å². The minimum atomic E-state index is -4.37. The standard InChI is InChI=1S/C14H15BrF3N3/c1-2-6-19-9-11-5-7-21(20-11)13-8-10(14(16,17)18)3-4-12(13)15/h3-5,7-8,19H,2,6,9H2,1H3. The molecule has 114 valence electrons. The summed E-state index contributed by atoms with van der Waals surface area (Å²) in [5, 5.41) is 7.49. The summed E-state index contributed by atoms with van der Waals surface area (Å²) in [4.78, 5) is 0. The van der Waals surface area contributed by atoms with Crippen LogP contribution in [0, 0.1) is 0 Å². The second kappa shape index (κ2) is 6.62. The summed E-state index contributed by atoms with van der Waals surface area (Å²) in [6.45, 7) is 3.53. The Hall–Kier alpha value is -1.34. The molecule has 0 aliphatic rings. The molecule has 0 radical (unpaired) electrons. The molecule has 1 aromatic carbocycles. The Morgan fingerprint density at radius 1 is 1.29 bits per heavy atom. The summed E-state index contributed by atoms with van der Waals surface area (Å²) < 4.78 is 40.3. The number of alkyl halides is 3. The summed E-state index contributed by atoms with van der Waals surface area (Å²) in [7, 11) is 0. The summed E-state index contributed by atoms with van der Waals surface area (Å²) in [5.41, 5.74) is 0.459. The molecule has 0 aliphatic heterocycles. The molecule has 7 heteroatoms. The average molecular weight is 362 g/mol. The monoisotopic (exact) mass is 361 g/mol. The normalized spacial score (nSPS) is 11.9. The van der Waals surface area contributed by atoms with Crippen molar-refractivity contribution in [2.24, 2.45) is 0 Å². The zero-order valence-electron chi connectivity index (χ0n) is 11.4. The van der Waals surface area contributed by atoms with E-state index in [1.54, 1.807) is 12.3 Å². The third kappa shape index (κ3) is 4.07. The topological polar surface area (TPSA) is 29.9 Å². The van der Waals surface area contributed by atoms with E-state index < -0.39 is 11.7 Å². The van der Waals surface area contributed by atoms with Crippen LogP contribution in [-0.2, 0) is 12.7 Å². The fraction of sp³-hybridized carbons (Fsp3) is 0.357. The summed E-state index contributed by atoms with van der Waals surface area (Å²) in [5.74, 6) is 0. The lowest BCUT2D eigenvalue weighted by atomic mass is 10.2. The quantitative estimate of drug-likeness (QED) is 0.810. The highest BCUT2D eigenvalue weighted by Gasteiger charge is 2.31. The predicted octanol–water partition coefficient (Wildman–Crippen LogP) is 4.15. The van der Waals surface area contributed by atoms with Crippen LogP contribution in [0.2, 0.25) is 0 Å². The zero-order chi connectivity index (χ0) is 15.5. The maximum atomic E-state index is 12.8. The van der Waals surface area contributed by atoms with Gasteiger partial charge in [0.25, 0.3) is 0 Å². The smallest absolute Gasteiger partial charge is 0.311 e. The van der Waals surface area contributed by atoms with Crippen LogP contribution in [0.3, 0.4) is 0 Å². The molecule has 0 saturated heterocycles. The SMILES string of the molecule is CCCNCc1ccn(-c2cc(C(F)(F)F)ccc2Br)n1. The van der Waals surface area contributed by atoms with E-state index in [-0.39, 0.29) is 0 Å². The maximum absolute atomic E-state index is 12.8. The van der Waals surface area contributed by atoms with Gasteiger partial charge in [-0.1, -0.05) is 6.92 Å². The number of hydrogen-bond acceptors (Lipinski definition) is 2. The number of halogens is 4. The lowest BCUT2D eigenvalue weighted by Crippen LogP contribution is -2.14. The van der Waals surface area contributed by atoms with Gasteiger partial charge in [0.1, 0.15) is 0 Å². The first-order valence-corrected chi connectivity index (χ1v) is 7.33. The van der Waals surface area contributed by atoms with Gasteiger partial charge in [-0.15, -0.1) is 0 Å². The molecular weight excluding hydrogens is 347 g/mol. The largest absolute Gasteiger partial charge is 0.416 e. The molecule has 2 aromatic rings. The van der Waals surface area contributed by atoms with E-state index in [4.69, 9.17) is 0 Å². The molecule has 1 N–H and O–H groups in total. The minimum Gasteiger partial charge on any atom is -0.311 e. The van der Waals surface area contributed by atoms with E-state index in [1.165, 1.54) is 10.7 Å². The molecule has 3 nitrogen and oxygen atoms in total. The molecule has 0 fully saturated rings. The van der Waals surface area contributed by atoms with Gasteiger partial charge < -0.3 is 5.32 Å². The van der Waals surface area contributed by atoms with Crippen LogP contribution in [0.5, 0.6) is 0 Å². The van der Waals surface area contributed by atoms with Gasteiger partial charge in [0.15, 0.2) is 0 Å². The third-order valence-corrected chi connectivity index (χ3v) is 3.57. The van der Waals surface area contributed by atoms with Gasteiger partial charge in [-0.25, -0.2) is 4.68 Å². The number of benzene rings is 1. The Kier molecular flexibility index (Phi) is 5.05. The van der Waals surface area contributed by atoms with Gasteiger partial charge in [0, 0.05) is 17.2 Å². The van der Waals surface area contributed by atoms with Crippen molar-refractivity contribution in [1.29, 1.82) is 0 Å². The number of nitrogens with zero attached hydrogens (tertiary/aromatic N) is 2. The molecule has 1 aromatic heterocycles. The van der Waals surface area contributed by atoms with Gasteiger partial charge >= 0.3 is 6.18 Å². The summed E-state index contributed by atoms with van der Waals surface area (Å²) in [6, 6.07) is 5.30. The first kappa shape index (κ1) is 16.0. The molecule has 0 amide bonds. The first-order chi connectivity index (χ1) is 9.91. The highest BCUT2D eigenvalue weighted by atomic mass is 79.9. The van der Waals surface area contributed by atoms with Crippen LogP contribution in [0.1, 0.15) is 24.6 Å². The highest BCUT2D eigenvalue weighted by molar-refractivity contribution is 9.10. The molecule has 0 saturated carbocycles. The summed E-state index contributed by atoms with van der Waals surface area (Å²) in [6.07, 6.45) is -1.70. The van der Waals surface area contributed by atoms with Gasteiger partial charge in [-0.3, -0.25) is 0 Å². The van der Waals surface area contributed by atoms with Gasteiger partial charge in [-0.05, 0) is 53.2 Å².